The lowest BCUT2D eigenvalue weighted by Gasteiger charge is -2.15. The minimum absolute atomic E-state index is 0.0323. The highest BCUT2D eigenvalue weighted by molar-refractivity contribution is 6.07. The van der Waals surface area contributed by atoms with Crippen molar-refractivity contribution in [2.45, 2.75) is 6.42 Å². The van der Waals surface area contributed by atoms with E-state index in [2.05, 4.69) is 15.6 Å². The lowest BCUT2D eigenvalue weighted by molar-refractivity contribution is -0.385. The van der Waals surface area contributed by atoms with Gasteiger partial charge in [-0.3, -0.25) is 19.9 Å². The van der Waals surface area contributed by atoms with E-state index in [1.54, 1.807) is 18.2 Å². The predicted octanol–water partition coefficient (Wildman–Crippen LogP) is 2.59. The van der Waals surface area contributed by atoms with Gasteiger partial charge >= 0.3 is 0 Å². The summed E-state index contributed by atoms with van der Waals surface area (Å²) in [6, 6.07) is 13.1. The maximum atomic E-state index is 12.3. The van der Waals surface area contributed by atoms with Gasteiger partial charge in [-0.15, -0.1) is 0 Å². The SMILES string of the molecule is O=C(Nc1ccc(C2=NCCCN2)cc1)c1ccccc1[N+](=O)[O-]. The summed E-state index contributed by atoms with van der Waals surface area (Å²) in [6.45, 7) is 1.70. The molecule has 24 heavy (non-hydrogen) atoms. The van der Waals surface area contributed by atoms with Gasteiger partial charge in [0.1, 0.15) is 11.4 Å². The molecule has 0 aromatic heterocycles. The molecule has 0 atom stereocenters. The molecule has 0 saturated heterocycles. The van der Waals surface area contributed by atoms with E-state index >= 15 is 0 Å². The molecule has 0 fully saturated rings. The number of amides is 1. The van der Waals surface area contributed by atoms with Crippen LogP contribution in [-0.4, -0.2) is 29.8 Å². The summed E-state index contributed by atoms with van der Waals surface area (Å²) < 4.78 is 0. The van der Waals surface area contributed by atoms with Crippen LogP contribution in [0, 0.1) is 10.1 Å². The van der Waals surface area contributed by atoms with E-state index in [0.29, 0.717) is 5.69 Å². The van der Waals surface area contributed by atoms with Crippen molar-refractivity contribution in [1.29, 1.82) is 0 Å². The summed E-state index contributed by atoms with van der Waals surface area (Å²) in [6.07, 6.45) is 1.02. The second-order valence-electron chi connectivity index (χ2n) is 5.32. The molecule has 122 valence electrons. The van der Waals surface area contributed by atoms with Gasteiger partial charge < -0.3 is 10.6 Å². The molecule has 1 heterocycles. The third kappa shape index (κ3) is 3.40. The zero-order valence-electron chi connectivity index (χ0n) is 12.9. The van der Waals surface area contributed by atoms with Crippen molar-refractivity contribution in [1.82, 2.24) is 5.32 Å². The van der Waals surface area contributed by atoms with E-state index < -0.39 is 10.8 Å². The molecule has 0 aliphatic carbocycles. The number of hydrogen-bond acceptors (Lipinski definition) is 5. The number of hydrogen-bond donors (Lipinski definition) is 2. The van der Waals surface area contributed by atoms with Gasteiger partial charge in [-0.1, -0.05) is 12.1 Å². The fourth-order valence-corrected chi connectivity index (χ4v) is 2.46. The predicted molar refractivity (Wildman–Crippen MR) is 91.5 cm³/mol. The lowest BCUT2D eigenvalue weighted by Crippen LogP contribution is -2.30. The number of nitro groups is 1. The molecule has 3 rings (SSSR count). The Kier molecular flexibility index (Phi) is 4.51. The molecule has 7 heteroatoms. The third-order valence-electron chi connectivity index (χ3n) is 3.66. The maximum absolute atomic E-state index is 12.3. The van der Waals surface area contributed by atoms with Crippen molar-refractivity contribution in [2.75, 3.05) is 18.4 Å². The van der Waals surface area contributed by atoms with Crippen molar-refractivity contribution in [3.05, 3.63) is 69.8 Å². The fourth-order valence-electron chi connectivity index (χ4n) is 2.46. The van der Waals surface area contributed by atoms with Gasteiger partial charge in [0.05, 0.1) is 4.92 Å². The molecule has 2 aromatic rings. The normalized spacial score (nSPS) is 13.6. The fraction of sp³-hybridized carbons (Fsp3) is 0.176. The zero-order valence-corrected chi connectivity index (χ0v) is 12.9. The number of nitrogens with one attached hydrogen (secondary N) is 2. The highest BCUT2D eigenvalue weighted by Crippen LogP contribution is 2.19. The number of nitrogens with zero attached hydrogens (tertiary/aromatic N) is 2. The molecule has 0 radical (unpaired) electrons. The van der Waals surface area contributed by atoms with Crippen LogP contribution in [0.2, 0.25) is 0 Å². The molecule has 0 unspecified atom stereocenters. The van der Waals surface area contributed by atoms with Gasteiger partial charge in [-0.05, 0) is 36.8 Å². The number of benzene rings is 2. The standard InChI is InChI=1S/C17H16N4O3/c22-17(14-4-1-2-5-15(14)21(23)24)20-13-8-6-12(7-9-13)16-18-10-3-11-19-16/h1-2,4-9H,3,10-11H2,(H,18,19)(H,20,22). The van der Waals surface area contributed by atoms with Crippen molar-refractivity contribution in [2.24, 2.45) is 4.99 Å². The molecule has 1 amide bonds. The zero-order chi connectivity index (χ0) is 16.9. The third-order valence-corrected chi connectivity index (χ3v) is 3.66. The molecule has 0 saturated carbocycles. The van der Waals surface area contributed by atoms with Gasteiger partial charge in [0, 0.05) is 30.4 Å². The summed E-state index contributed by atoms with van der Waals surface area (Å²) in [5.74, 6) is 0.334. The summed E-state index contributed by atoms with van der Waals surface area (Å²) in [5.41, 5.74) is 1.33. The first kappa shape index (κ1) is 15.7. The molecular formula is C17H16N4O3. The van der Waals surface area contributed by atoms with Crippen LogP contribution in [0.4, 0.5) is 11.4 Å². The Morgan fingerprint density at radius 2 is 1.92 bits per heavy atom. The van der Waals surface area contributed by atoms with E-state index in [4.69, 9.17) is 0 Å². The molecule has 7 nitrogen and oxygen atoms in total. The Labute approximate surface area is 138 Å². The lowest BCUT2D eigenvalue weighted by atomic mass is 10.1. The molecule has 0 spiro atoms. The van der Waals surface area contributed by atoms with Crippen LogP contribution < -0.4 is 10.6 Å². The van der Waals surface area contributed by atoms with Gasteiger partial charge in [0.15, 0.2) is 0 Å². The first-order valence-electron chi connectivity index (χ1n) is 7.58. The van der Waals surface area contributed by atoms with Crippen LogP contribution in [0.25, 0.3) is 0 Å². The largest absolute Gasteiger partial charge is 0.370 e. The second kappa shape index (κ2) is 6.91. The van der Waals surface area contributed by atoms with Gasteiger partial charge in [-0.25, -0.2) is 0 Å². The van der Waals surface area contributed by atoms with Gasteiger partial charge in [0.2, 0.25) is 0 Å². The van der Waals surface area contributed by atoms with E-state index in [-0.39, 0.29) is 11.3 Å². The molecule has 1 aliphatic heterocycles. The summed E-state index contributed by atoms with van der Waals surface area (Å²) in [5, 5.41) is 16.9. The number of rotatable bonds is 4. The monoisotopic (exact) mass is 324 g/mol. The summed E-state index contributed by atoms with van der Waals surface area (Å²) in [4.78, 5) is 27.1. The first-order valence-corrected chi connectivity index (χ1v) is 7.58. The first-order chi connectivity index (χ1) is 11.6. The average molecular weight is 324 g/mol. The topological polar surface area (TPSA) is 96.6 Å². The Morgan fingerprint density at radius 3 is 2.58 bits per heavy atom. The molecule has 2 aromatic carbocycles. The highest BCUT2D eigenvalue weighted by atomic mass is 16.6. The number of amidine groups is 1. The van der Waals surface area contributed by atoms with E-state index in [9.17, 15) is 14.9 Å². The highest BCUT2D eigenvalue weighted by Gasteiger charge is 2.19. The van der Waals surface area contributed by atoms with Crippen LogP contribution in [0.1, 0.15) is 22.3 Å². The van der Waals surface area contributed by atoms with Crippen LogP contribution in [-0.2, 0) is 0 Å². The quantitative estimate of drug-likeness (QED) is 0.667. The van der Waals surface area contributed by atoms with Crippen LogP contribution in [0.3, 0.4) is 0 Å². The summed E-state index contributed by atoms with van der Waals surface area (Å²) in [7, 11) is 0. The van der Waals surface area contributed by atoms with E-state index in [1.165, 1.54) is 18.2 Å². The Morgan fingerprint density at radius 1 is 1.17 bits per heavy atom. The van der Waals surface area contributed by atoms with Crippen molar-refractivity contribution >= 4 is 23.1 Å². The van der Waals surface area contributed by atoms with Gasteiger partial charge in [0.25, 0.3) is 11.6 Å². The smallest absolute Gasteiger partial charge is 0.282 e. The van der Waals surface area contributed by atoms with Crippen molar-refractivity contribution in [3.8, 4) is 0 Å². The van der Waals surface area contributed by atoms with Crippen molar-refractivity contribution < 1.29 is 9.72 Å². The number of anilines is 1. The number of carbonyl (C=O) groups excluding carboxylic acids is 1. The maximum Gasteiger partial charge on any atom is 0.282 e. The number of para-hydroxylation sites is 1. The van der Waals surface area contributed by atoms with E-state index in [1.807, 2.05) is 12.1 Å². The number of carbonyl (C=O) groups is 1. The summed E-state index contributed by atoms with van der Waals surface area (Å²) >= 11 is 0. The number of nitro benzene ring substituents is 1. The molecule has 0 bridgehead atoms. The Hall–Kier alpha value is -3.22. The Balaban J connectivity index is 1.76. The van der Waals surface area contributed by atoms with E-state index in [0.717, 1.165) is 30.9 Å². The Bertz CT molecular complexity index is 800. The van der Waals surface area contributed by atoms with Gasteiger partial charge in [-0.2, -0.15) is 0 Å². The van der Waals surface area contributed by atoms with Crippen LogP contribution in [0.15, 0.2) is 53.5 Å². The minimum atomic E-state index is -0.565. The molecular weight excluding hydrogens is 308 g/mol. The molecule has 1 aliphatic rings. The second-order valence-corrected chi connectivity index (χ2v) is 5.32. The van der Waals surface area contributed by atoms with Crippen LogP contribution >= 0.6 is 0 Å². The minimum Gasteiger partial charge on any atom is -0.370 e. The molecule has 2 N–H and O–H groups in total. The van der Waals surface area contributed by atoms with Crippen molar-refractivity contribution in [3.63, 3.8) is 0 Å². The average Bonchev–Trinajstić information content (AvgIpc) is 2.63. The number of aliphatic imine (C=N–C) groups is 1. The van der Waals surface area contributed by atoms with Crippen LogP contribution in [0.5, 0.6) is 0 Å².